The van der Waals surface area contributed by atoms with Crippen molar-refractivity contribution in [3.8, 4) is 0 Å². The van der Waals surface area contributed by atoms with Gasteiger partial charge in [0.25, 0.3) is 5.56 Å². The summed E-state index contributed by atoms with van der Waals surface area (Å²) >= 11 is 0. The van der Waals surface area contributed by atoms with Crippen LogP contribution in [-0.4, -0.2) is 15.8 Å². The molecule has 2 aromatic rings. The van der Waals surface area contributed by atoms with Crippen molar-refractivity contribution in [1.82, 2.24) is 9.78 Å². The Bertz CT molecular complexity index is 853. The molecule has 1 aromatic carbocycles. The number of hydrogen-bond acceptors (Lipinski definition) is 3. The van der Waals surface area contributed by atoms with Crippen LogP contribution in [-0.2, 0) is 0 Å². The zero-order valence-corrected chi connectivity index (χ0v) is 15.4. The molecule has 0 amide bonds. The molecule has 1 heterocycles. The van der Waals surface area contributed by atoms with Gasteiger partial charge < -0.3 is 5.73 Å². The quantitative estimate of drug-likeness (QED) is 0.843. The molecule has 3 aliphatic rings. The van der Waals surface area contributed by atoms with Gasteiger partial charge in [0.05, 0.1) is 17.1 Å². The lowest BCUT2D eigenvalue weighted by Gasteiger charge is -2.23. The predicted octanol–water partition coefficient (Wildman–Crippen LogP) is 4.13. The van der Waals surface area contributed by atoms with E-state index in [9.17, 15) is 4.79 Å². The molecule has 0 bridgehead atoms. The summed E-state index contributed by atoms with van der Waals surface area (Å²) in [6, 6.07) is 8.78. The SMILES string of the molecule is N[C@H]1CCC[C@H](c2nn(C(C3CC3)C3CC3)c(=O)c3ccccc23)CC1. The van der Waals surface area contributed by atoms with Crippen LogP contribution in [0.2, 0.25) is 0 Å². The van der Waals surface area contributed by atoms with Gasteiger partial charge in [0.15, 0.2) is 0 Å². The Morgan fingerprint density at radius 1 is 0.923 bits per heavy atom. The third-order valence-electron chi connectivity index (χ3n) is 6.75. The van der Waals surface area contributed by atoms with Gasteiger partial charge >= 0.3 is 0 Å². The highest BCUT2D eigenvalue weighted by molar-refractivity contribution is 5.84. The molecule has 0 aliphatic heterocycles. The molecule has 3 fully saturated rings. The van der Waals surface area contributed by atoms with E-state index < -0.39 is 0 Å². The van der Waals surface area contributed by atoms with Gasteiger partial charge in [-0.05, 0) is 69.3 Å². The van der Waals surface area contributed by atoms with Crippen molar-refractivity contribution >= 4 is 10.8 Å². The topological polar surface area (TPSA) is 60.9 Å². The van der Waals surface area contributed by atoms with E-state index in [1.54, 1.807) is 0 Å². The number of fused-ring (bicyclic) bond motifs is 1. The Hall–Kier alpha value is -1.68. The van der Waals surface area contributed by atoms with Crippen LogP contribution < -0.4 is 11.3 Å². The lowest BCUT2D eigenvalue weighted by Crippen LogP contribution is -2.31. The highest BCUT2D eigenvalue weighted by Gasteiger charge is 2.44. The van der Waals surface area contributed by atoms with Gasteiger partial charge in [-0.25, -0.2) is 4.68 Å². The first-order chi connectivity index (χ1) is 12.7. The van der Waals surface area contributed by atoms with Crippen molar-refractivity contribution in [2.75, 3.05) is 0 Å². The van der Waals surface area contributed by atoms with Crippen molar-refractivity contribution in [2.24, 2.45) is 17.6 Å². The van der Waals surface area contributed by atoms with Crippen molar-refractivity contribution in [3.63, 3.8) is 0 Å². The smallest absolute Gasteiger partial charge is 0.274 e. The Kier molecular flexibility index (Phi) is 4.11. The summed E-state index contributed by atoms with van der Waals surface area (Å²) in [5.41, 5.74) is 7.49. The van der Waals surface area contributed by atoms with Gasteiger partial charge in [0.2, 0.25) is 0 Å². The van der Waals surface area contributed by atoms with Gasteiger partial charge in [-0.15, -0.1) is 0 Å². The first-order valence-electron chi connectivity index (χ1n) is 10.5. The zero-order valence-electron chi connectivity index (χ0n) is 15.4. The molecule has 3 saturated carbocycles. The van der Waals surface area contributed by atoms with E-state index in [-0.39, 0.29) is 5.56 Å². The summed E-state index contributed by atoms with van der Waals surface area (Å²) in [5.74, 6) is 1.77. The minimum absolute atomic E-state index is 0.124. The molecule has 4 heteroatoms. The highest BCUT2D eigenvalue weighted by Crippen LogP contribution is 2.51. The Morgan fingerprint density at radius 2 is 1.62 bits per heavy atom. The van der Waals surface area contributed by atoms with Gasteiger partial charge in [-0.2, -0.15) is 5.10 Å². The number of rotatable bonds is 4. The van der Waals surface area contributed by atoms with E-state index in [2.05, 4.69) is 6.07 Å². The average Bonchev–Trinajstić information content (AvgIpc) is 3.53. The van der Waals surface area contributed by atoms with Gasteiger partial charge in [-0.1, -0.05) is 24.6 Å². The molecule has 0 spiro atoms. The van der Waals surface area contributed by atoms with Crippen LogP contribution in [0.4, 0.5) is 0 Å². The van der Waals surface area contributed by atoms with Crippen molar-refractivity contribution in [3.05, 3.63) is 40.3 Å². The zero-order chi connectivity index (χ0) is 17.7. The number of aromatic nitrogens is 2. The molecular weight excluding hydrogens is 322 g/mol. The molecule has 26 heavy (non-hydrogen) atoms. The minimum atomic E-state index is 0.124. The number of nitrogens with zero attached hydrogens (tertiary/aromatic N) is 2. The summed E-state index contributed by atoms with van der Waals surface area (Å²) in [5, 5.41) is 7.00. The van der Waals surface area contributed by atoms with Crippen molar-refractivity contribution in [2.45, 2.75) is 75.8 Å². The molecule has 1 aromatic heterocycles. The summed E-state index contributed by atoms with van der Waals surface area (Å²) in [6.07, 6.45) is 10.6. The van der Waals surface area contributed by atoms with E-state index in [0.717, 1.165) is 48.6 Å². The maximum absolute atomic E-state index is 13.3. The summed E-state index contributed by atoms with van der Waals surface area (Å²) < 4.78 is 1.91. The van der Waals surface area contributed by atoms with Crippen LogP contribution in [0.1, 0.15) is 75.4 Å². The van der Waals surface area contributed by atoms with E-state index in [4.69, 9.17) is 10.8 Å². The number of hydrogen-bond donors (Lipinski definition) is 1. The monoisotopic (exact) mass is 351 g/mol. The fraction of sp³-hybridized carbons (Fsp3) is 0.636. The third-order valence-corrected chi connectivity index (χ3v) is 6.75. The number of nitrogens with two attached hydrogens (primary N) is 1. The fourth-order valence-electron chi connectivity index (χ4n) is 5.00. The molecule has 2 atom stereocenters. The summed E-state index contributed by atoms with van der Waals surface area (Å²) in [7, 11) is 0. The molecular formula is C22H29N3O. The second-order valence-corrected chi connectivity index (χ2v) is 8.81. The van der Waals surface area contributed by atoms with Crippen molar-refractivity contribution in [1.29, 1.82) is 0 Å². The molecule has 0 saturated heterocycles. The molecule has 138 valence electrons. The number of benzene rings is 1. The Balaban J connectivity index is 1.64. The van der Waals surface area contributed by atoms with E-state index in [1.807, 2.05) is 22.9 Å². The maximum atomic E-state index is 13.3. The maximum Gasteiger partial charge on any atom is 0.274 e. The lowest BCUT2D eigenvalue weighted by molar-refractivity contribution is 0.341. The molecule has 0 unspecified atom stereocenters. The van der Waals surface area contributed by atoms with E-state index in [1.165, 1.54) is 25.7 Å². The third kappa shape index (κ3) is 2.98. The first kappa shape index (κ1) is 16.5. The molecule has 0 radical (unpaired) electrons. The van der Waals surface area contributed by atoms with Crippen LogP contribution in [0.3, 0.4) is 0 Å². The van der Waals surface area contributed by atoms with Crippen LogP contribution in [0.5, 0.6) is 0 Å². The van der Waals surface area contributed by atoms with Gasteiger partial charge in [0.1, 0.15) is 0 Å². The van der Waals surface area contributed by atoms with Crippen LogP contribution in [0.25, 0.3) is 10.8 Å². The second kappa shape index (κ2) is 6.49. The molecule has 2 N–H and O–H groups in total. The highest BCUT2D eigenvalue weighted by atomic mass is 16.1. The predicted molar refractivity (Wildman–Crippen MR) is 104 cm³/mol. The van der Waals surface area contributed by atoms with Gasteiger partial charge in [0, 0.05) is 17.3 Å². The summed E-state index contributed by atoms with van der Waals surface area (Å²) in [4.78, 5) is 13.3. The van der Waals surface area contributed by atoms with Gasteiger partial charge in [-0.3, -0.25) is 4.79 Å². The normalized spacial score (nSPS) is 27.0. The van der Waals surface area contributed by atoms with E-state index in [0.29, 0.717) is 29.8 Å². The van der Waals surface area contributed by atoms with E-state index >= 15 is 0 Å². The second-order valence-electron chi connectivity index (χ2n) is 8.81. The lowest BCUT2D eigenvalue weighted by atomic mass is 9.92. The Morgan fingerprint density at radius 3 is 2.31 bits per heavy atom. The first-order valence-corrected chi connectivity index (χ1v) is 10.5. The largest absolute Gasteiger partial charge is 0.328 e. The molecule has 3 aliphatic carbocycles. The molecule has 4 nitrogen and oxygen atoms in total. The fourth-order valence-corrected chi connectivity index (χ4v) is 5.00. The molecule has 5 rings (SSSR count). The Labute approximate surface area is 154 Å². The van der Waals surface area contributed by atoms with Crippen molar-refractivity contribution < 1.29 is 0 Å². The minimum Gasteiger partial charge on any atom is -0.328 e. The summed E-state index contributed by atoms with van der Waals surface area (Å²) in [6.45, 7) is 0. The van der Waals surface area contributed by atoms with Crippen LogP contribution in [0.15, 0.2) is 29.1 Å². The average molecular weight is 351 g/mol. The standard InChI is InChI=1S/C22H29N3O/c23-17-5-3-4-14(12-13-17)20-18-6-1-2-7-19(18)22(26)25(24-20)21(15-8-9-15)16-10-11-16/h1-2,6-7,14-17,21H,3-5,8-13,23H2/t14-,17-/m0/s1. The van der Waals surface area contributed by atoms with Crippen LogP contribution in [0, 0.1) is 11.8 Å². The van der Waals surface area contributed by atoms with Crippen LogP contribution >= 0.6 is 0 Å².